The highest BCUT2D eigenvalue weighted by atomic mass is 32.2. The van der Waals surface area contributed by atoms with Gasteiger partial charge in [0.15, 0.2) is 0 Å². The van der Waals surface area contributed by atoms with Gasteiger partial charge in [0.25, 0.3) is 0 Å². The van der Waals surface area contributed by atoms with Gasteiger partial charge in [-0.1, -0.05) is 6.92 Å². The molecule has 2 atom stereocenters. The highest BCUT2D eigenvalue weighted by Crippen LogP contribution is 2.40. The van der Waals surface area contributed by atoms with Gasteiger partial charge in [-0.2, -0.15) is 0 Å². The molecule has 2 unspecified atom stereocenters. The highest BCUT2D eigenvalue weighted by Gasteiger charge is 2.40. The smallest absolute Gasteiger partial charge is 0.0277 e. The molecule has 0 amide bonds. The summed E-state index contributed by atoms with van der Waals surface area (Å²) in [5.74, 6) is 4.71. The molecule has 0 aliphatic carbocycles. The summed E-state index contributed by atoms with van der Waals surface area (Å²) < 4.78 is 12.0. The van der Waals surface area contributed by atoms with Crippen LogP contribution in [0.3, 0.4) is 0 Å². The number of hydrogen-bond donors (Lipinski definition) is 0. The lowest BCUT2D eigenvalue weighted by Gasteiger charge is -2.28. The van der Waals surface area contributed by atoms with Gasteiger partial charge in [0.2, 0.25) is 0 Å². The van der Waals surface area contributed by atoms with Gasteiger partial charge in [-0.05, 0) is 47.0 Å². The number of rotatable bonds is 0. The van der Waals surface area contributed by atoms with Crippen molar-refractivity contribution < 1.29 is 4.21 Å². The van der Waals surface area contributed by atoms with Crippen LogP contribution in [-0.4, -0.2) is 20.6 Å². The SMILES string of the molecule is C=S1(=O)C2CCC1CC(C)C2. The van der Waals surface area contributed by atoms with E-state index in [1.54, 1.807) is 0 Å². The lowest BCUT2D eigenvalue weighted by molar-refractivity contribution is 0.480. The lowest BCUT2D eigenvalue weighted by Crippen LogP contribution is -2.31. The van der Waals surface area contributed by atoms with Crippen LogP contribution in [0.1, 0.15) is 32.6 Å². The maximum Gasteiger partial charge on any atom is 0.0277 e. The topological polar surface area (TPSA) is 17.1 Å². The molecule has 0 spiro atoms. The van der Waals surface area contributed by atoms with Crippen molar-refractivity contribution in [3.05, 3.63) is 0 Å². The fourth-order valence-corrected chi connectivity index (χ4v) is 5.52. The molecule has 2 fully saturated rings. The van der Waals surface area contributed by atoms with Gasteiger partial charge in [0.1, 0.15) is 0 Å². The summed E-state index contributed by atoms with van der Waals surface area (Å²) in [5, 5.41) is 0.938. The van der Waals surface area contributed by atoms with Gasteiger partial charge in [0, 0.05) is 10.5 Å². The van der Waals surface area contributed by atoms with Crippen molar-refractivity contribution in [2.75, 3.05) is 0 Å². The maximum atomic E-state index is 12.0. The van der Waals surface area contributed by atoms with Crippen molar-refractivity contribution in [2.45, 2.75) is 43.1 Å². The van der Waals surface area contributed by atoms with E-state index in [4.69, 9.17) is 0 Å². The Balaban J connectivity index is 2.33. The van der Waals surface area contributed by atoms with Crippen molar-refractivity contribution in [3.8, 4) is 0 Å². The average Bonchev–Trinajstić information content (AvgIpc) is 2.19. The molecule has 1 nitrogen and oxygen atoms in total. The third kappa shape index (κ3) is 1.03. The summed E-state index contributed by atoms with van der Waals surface area (Å²) in [6.45, 7) is 2.28. The summed E-state index contributed by atoms with van der Waals surface area (Å²) in [4.78, 5) is 0. The van der Waals surface area contributed by atoms with E-state index in [9.17, 15) is 4.21 Å². The Bertz CT molecular complexity index is 233. The molecule has 2 heteroatoms. The minimum Gasteiger partial charge on any atom is -0.267 e. The monoisotopic (exact) mass is 172 g/mol. The molecule has 2 aliphatic rings. The Morgan fingerprint density at radius 2 is 1.73 bits per heavy atom. The van der Waals surface area contributed by atoms with Crippen LogP contribution < -0.4 is 0 Å². The van der Waals surface area contributed by atoms with Crippen LogP contribution >= 0.6 is 0 Å². The zero-order valence-corrected chi connectivity index (χ0v) is 7.90. The van der Waals surface area contributed by atoms with Gasteiger partial charge in [-0.25, -0.2) is 0 Å². The molecule has 0 N–H and O–H groups in total. The number of fused-ring (bicyclic) bond motifs is 2. The zero-order chi connectivity index (χ0) is 8.06. The van der Waals surface area contributed by atoms with Crippen LogP contribution in [0.15, 0.2) is 0 Å². The van der Waals surface area contributed by atoms with E-state index in [2.05, 4.69) is 12.8 Å². The standard InChI is InChI=1S/C9H16OS/c1-7-5-8-3-4-9(6-7)11(8,2)10/h7-9H,2-6H2,1H3. The van der Waals surface area contributed by atoms with Crippen LogP contribution in [0.5, 0.6) is 0 Å². The third-order valence-electron chi connectivity index (χ3n) is 3.27. The van der Waals surface area contributed by atoms with E-state index in [0.29, 0.717) is 10.5 Å². The van der Waals surface area contributed by atoms with Gasteiger partial charge in [-0.15, -0.1) is 0 Å². The predicted molar refractivity (Wildman–Crippen MR) is 50.5 cm³/mol. The fourth-order valence-electron chi connectivity index (χ4n) is 2.60. The van der Waals surface area contributed by atoms with Crippen molar-refractivity contribution in [2.24, 2.45) is 5.92 Å². The number of hydrogen-bond acceptors (Lipinski definition) is 1. The summed E-state index contributed by atoms with van der Waals surface area (Å²) in [7, 11) is -1.66. The van der Waals surface area contributed by atoms with Gasteiger partial charge in [-0.3, -0.25) is 4.21 Å². The normalized spacial score (nSPS) is 56.3. The molecule has 0 aromatic heterocycles. The van der Waals surface area contributed by atoms with E-state index < -0.39 is 9.52 Å². The van der Waals surface area contributed by atoms with E-state index in [0.717, 1.165) is 5.92 Å². The van der Waals surface area contributed by atoms with Gasteiger partial charge in [0.05, 0.1) is 0 Å². The minimum atomic E-state index is -1.66. The molecule has 64 valence electrons. The second kappa shape index (κ2) is 2.25. The van der Waals surface area contributed by atoms with Crippen LogP contribution in [0.2, 0.25) is 0 Å². The summed E-state index contributed by atoms with van der Waals surface area (Å²) >= 11 is 0. The molecule has 2 bridgehead atoms. The first-order chi connectivity index (χ1) is 5.10. The van der Waals surface area contributed by atoms with Crippen LogP contribution in [0.4, 0.5) is 0 Å². The van der Waals surface area contributed by atoms with Crippen LogP contribution in [0, 0.1) is 5.92 Å². The van der Waals surface area contributed by atoms with E-state index in [-0.39, 0.29) is 0 Å². The lowest BCUT2D eigenvalue weighted by atomic mass is 10.0. The van der Waals surface area contributed by atoms with Gasteiger partial charge >= 0.3 is 0 Å². The van der Waals surface area contributed by atoms with Crippen LogP contribution in [-0.2, 0) is 9.52 Å². The van der Waals surface area contributed by atoms with E-state index in [1.807, 2.05) is 0 Å². The quantitative estimate of drug-likeness (QED) is 0.508. The molecule has 0 aromatic rings. The Kier molecular flexibility index (Phi) is 1.57. The summed E-state index contributed by atoms with van der Waals surface area (Å²) in [6.07, 6.45) is 4.69. The second-order valence-electron chi connectivity index (χ2n) is 4.18. The van der Waals surface area contributed by atoms with Crippen LogP contribution in [0.25, 0.3) is 0 Å². The first kappa shape index (κ1) is 7.66. The molecule has 0 aromatic carbocycles. The maximum absolute atomic E-state index is 12.0. The zero-order valence-electron chi connectivity index (χ0n) is 7.08. The van der Waals surface area contributed by atoms with E-state index >= 15 is 0 Å². The summed E-state index contributed by atoms with van der Waals surface area (Å²) in [6, 6.07) is 0. The summed E-state index contributed by atoms with van der Waals surface area (Å²) in [5.41, 5.74) is 0. The molecule has 11 heavy (non-hydrogen) atoms. The molecule has 2 saturated heterocycles. The Morgan fingerprint density at radius 1 is 1.27 bits per heavy atom. The molecule has 2 aliphatic heterocycles. The Hall–Kier alpha value is 0.0200. The highest BCUT2D eigenvalue weighted by molar-refractivity contribution is 8.01. The van der Waals surface area contributed by atoms with Crippen molar-refractivity contribution in [3.63, 3.8) is 0 Å². The third-order valence-corrected chi connectivity index (χ3v) is 6.38. The minimum absolute atomic E-state index is 0.469. The Labute approximate surface area is 69.2 Å². The molecular weight excluding hydrogens is 156 g/mol. The van der Waals surface area contributed by atoms with Crippen molar-refractivity contribution in [1.82, 2.24) is 0 Å². The average molecular weight is 172 g/mol. The molecular formula is C9H16OS. The van der Waals surface area contributed by atoms with Gasteiger partial charge < -0.3 is 0 Å². The van der Waals surface area contributed by atoms with E-state index in [1.165, 1.54) is 25.7 Å². The first-order valence-corrected chi connectivity index (χ1v) is 6.31. The molecule has 0 saturated carbocycles. The van der Waals surface area contributed by atoms with Crippen molar-refractivity contribution >= 4 is 15.4 Å². The first-order valence-electron chi connectivity index (χ1n) is 4.45. The molecule has 0 radical (unpaired) electrons. The largest absolute Gasteiger partial charge is 0.267 e. The van der Waals surface area contributed by atoms with Crippen molar-refractivity contribution in [1.29, 1.82) is 0 Å². The molecule has 2 rings (SSSR count). The fraction of sp³-hybridized carbons (Fsp3) is 0.889. The molecule has 2 heterocycles. The predicted octanol–water partition coefficient (Wildman–Crippen LogP) is 1.66. The Morgan fingerprint density at radius 3 is 2.18 bits per heavy atom. The second-order valence-corrected chi connectivity index (χ2v) is 7.07.